The van der Waals surface area contributed by atoms with Gasteiger partial charge < -0.3 is 10.2 Å². The lowest BCUT2D eigenvalue weighted by molar-refractivity contribution is 0.0394. The minimum atomic E-state index is 0.257. The van der Waals surface area contributed by atoms with Crippen molar-refractivity contribution in [2.24, 2.45) is 5.41 Å². The molecule has 1 atom stereocenters. The molecule has 2 heteroatoms. The van der Waals surface area contributed by atoms with Crippen molar-refractivity contribution in [2.75, 3.05) is 21.1 Å². The van der Waals surface area contributed by atoms with Crippen LogP contribution in [0.1, 0.15) is 47.5 Å². The Balaban J connectivity index is 5.19. The van der Waals surface area contributed by atoms with Gasteiger partial charge in [-0.1, -0.05) is 34.6 Å². The molecule has 0 rings (SSSR count). The van der Waals surface area contributed by atoms with Crippen LogP contribution < -0.4 is 5.32 Å². The topological polar surface area (TPSA) is 15.3 Å². The highest BCUT2D eigenvalue weighted by Gasteiger charge is 2.42. The van der Waals surface area contributed by atoms with Crippen molar-refractivity contribution in [3.05, 3.63) is 0 Å². The smallest absolute Gasteiger partial charge is 0.0356 e. The maximum Gasteiger partial charge on any atom is 0.0356 e. The summed E-state index contributed by atoms with van der Waals surface area (Å²) in [5, 5.41) is 3.52. The third-order valence-electron chi connectivity index (χ3n) is 3.81. The predicted molar refractivity (Wildman–Crippen MR) is 69.3 cm³/mol. The first-order chi connectivity index (χ1) is 6.76. The van der Waals surface area contributed by atoms with Gasteiger partial charge in [0.1, 0.15) is 0 Å². The molecule has 0 fully saturated rings. The molecule has 0 bridgehead atoms. The summed E-state index contributed by atoms with van der Waals surface area (Å²) in [4.78, 5) is 2.39. The number of hydrogen-bond donors (Lipinski definition) is 1. The molecular weight excluding hydrogens is 184 g/mol. The number of nitrogens with zero attached hydrogens (tertiary/aromatic N) is 1. The summed E-state index contributed by atoms with van der Waals surface area (Å²) in [6.45, 7) is 11.5. The van der Waals surface area contributed by atoms with Crippen molar-refractivity contribution >= 4 is 0 Å². The van der Waals surface area contributed by atoms with E-state index in [1.807, 2.05) is 0 Å². The van der Waals surface area contributed by atoms with Crippen LogP contribution in [0, 0.1) is 5.41 Å². The highest BCUT2D eigenvalue weighted by atomic mass is 15.2. The quantitative estimate of drug-likeness (QED) is 0.757. The van der Waals surface area contributed by atoms with E-state index in [-0.39, 0.29) is 11.0 Å². The van der Waals surface area contributed by atoms with E-state index in [1.165, 1.54) is 12.8 Å². The summed E-state index contributed by atoms with van der Waals surface area (Å²) >= 11 is 0. The summed E-state index contributed by atoms with van der Waals surface area (Å²) in [5.41, 5.74) is 0.540. The van der Waals surface area contributed by atoms with E-state index in [0.717, 1.165) is 0 Å². The van der Waals surface area contributed by atoms with E-state index in [9.17, 15) is 0 Å². The second-order valence-corrected chi connectivity index (χ2v) is 5.79. The zero-order chi connectivity index (χ0) is 12.3. The van der Waals surface area contributed by atoms with Gasteiger partial charge in [0.15, 0.2) is 0 Å². The molecule has 0 radical (unpaired) electrons. The molecule has 0 aromatic rings. The Bertz CT molecular complexity index is 175. The van der Waals surface area contributed by atoms with Gasteiger partial charge in [0.25, 0.3) is 0 Å². The van der Waals surface area contributed by atoms with Gasteiger partial charge in [-0.2, -0.15) is 0 Å². The van der Waals surface area contributed by atoms with Crippen LogP contribution in [0.2, 0.25) is 0 Å². The number of nitrogens with one attached hydrogen (secondary N) is 1. The van der Waals surface area contributed by atoms with Crippen LogP contribution in [0.3, 0.4) is 0 Å². The Morgan fingerprint density at radius 1 is 1.07 bits per heavy atom. The molecule has 1 unspecified atom stereocenters. The molecule has 0 spiro atoms. The van der Waals surface area contributed by atoms with Crippen molar-refractivity contribution in [3.8, 4) is 0 Å². The molecule has 0 amide bonds. The van der Waals surface area contributed by atoms with Gasteiger partial charge >= 0.3 is 0 Å². The second-order valence-electron chi connectivity index (χ2n) is 5.79. The van der Waals surface area contributed by atoms with E-state index in [0.29, 0.717) is 6.04 Å². The van der Waals surface area contributed by atoms with Crippen molar-refractivity contribution in [2.45, 2.75) is 59.0 Å². The lowest BCUT2D eigenvalue weighted by atomic mass is 9.71. The number of hydrogen-bond acceptors (Lipinski definition) is 2. The molecule has 0 aliphatic heterocycles. The van der Waals surface area contributed by atoms with Crippen LogP contribution in [-0.2, 0) is 0 Å². The molecule has 2 nitrogen and oxygen atoms in total. The third-order valence-corrected chi connectivity index (χ3v) is 3.81. The maximum atomic E-state index is 3.52. The monoisotopic (exact) mass is 214 g/mol. The Morgan fingerprint density at radius 2 is 1.47 bits per heavy atom. The van der Waals surface area contributed by atoms with Gasteiger partial charge in [0.2, 0.25) is 0 Å². The second kappa shape index (κ2) is 5.31. The molecule has 92 valence electrons. The van der Waals surface area contributed by atoms with Gasteiger partial charge in [-0.3, -0.25) is 0 Å². The van der Waals surface area contributed by atoms with Crippen LogP contribution in [0.15, 0.2) is 0 Å². The van der Waals surface area contributed by atoms with Crippen molar-refractivity contribution < 1.29 is 0 Å². The first-order valence-electron chi connectivity index (χ1n) is 6.11. The molecule has 1 N–H and O–H groups in total. The normalized spacial score (nSPS) is 15.8. The number of likely N-dealkylation sites (N-methyl/N-ethyl adjacent to an activating group) is 2. The van der Waals surface area contributed by atoms with Gasteiger partial charge in [0, 0.05) is 11.6 Å². The highest BCUT2D eigenvalue weighted by molar-refractivity contribution is 5.01. The maximum absolute atomic E-state index is 3.52. The molecule has 15 heavy (non-hydrogen) atoms. The first kappa shape index (κ1) is 14.9. The average Bonchev–Trinajstić information content (AvgIpc) is 2.11. The molecule has 0 aromatic heterocycles. The Kier molecular flexibility index (Phi) is 5.28. The Morgan fingerprint density at radius 3 is 1.53 bits per heavy atom. The van der Waals surface area contributed by atoms with Gasteiger partial charge in [0.05, 0.1) is 0 Å². The summed E-state index contributed by atoms with van der Waals surface area (Å²) in [6, 6.07) is 0.509. The standard InChI is InChI=1S/C13H30N2/c1-9-13(10-2,15(7)8)11(14-6)12(3,4)5/h11,14H,9-10H2,1-8H3. The Hall–Kier alpha value is -0.0800. The van der Waals surface area contributed by atoms with Crippen molar-refractivity contribution in [1.82, 2.24) is 10.2 Å². The largest absolute Gasteiger partial charge is 0.315 e. The van der Waals surface area contributed by atoms with Crippen molar-refractivity contribution in [3.63, 3.8) is 0 Å². The zero-order valence-corrected chi connectivity index (χ0v) is 11.9. The average molecular weight is 214 g/mol. The van der Waals surface area contributed by atoms with Gasteiger partial charge in [-0.05, 0) is 39.4 Å². The van der Waals surface area contributed by atoms with E-state index in [4.69, 9.17) is 0 Å². The van der Waals surface area contributed by atoms with Gasteiger partial charge in [-0.25, -0.2) is 0 Å². The summed E-state index contributed by atoms with van der Waals surface area (Å²) < 4.78 is 0. The third kappa shape index (κ3) is 2.94. The van der Waals surface area contributed by atoms with Gasteiger partial charge in [-0.15, -0.1) is 0 Å². The van der Waals surface area contributed by atoms with Crippen LogP contribution >= 0.6 is 0 Å². The van der Waals surface area contributed by atoms with E-state index >= 15 is 0 Å². The fraction of sp³-hybridized carbons (Fsp3) is 1.00. The van der Waals surface area contributed by atoms with Crippen LogP contribution in [0.4, 0.5) is 0 Å². The fourth-order valence-electron chi connectivity index (χ4n) is 3.06. The van der Waals surface area contributed by atoms with Crippen molar-refractivity contribution in [1.29, 1.82) is 0 Å². The number of rotatable bonds is 5. The summed E-state index contributed by atoms with van der Waals surface area (Å²) in [6.07, 6.45) is 2.36. The fourth-order valence-corrected chi connectivity index (χ4v) is 3.06. The molecule has 0 aliphatic carbocycles. The Labute approximate surface area is 96.4 Å². The van der Waals surface area contributed by atoms with Crippen LogP contribution in [-0.4, -0.2) is 37.6 Å². The molecule has 0 saturated carbocycles. The van der Waals surface area contributed by atoms with E-state index < -0.39 is 0 Å². The lowest BCUT2D eigenvalue weighted by Gasteiger charge is -2.50. The van der Waals surface area contributed by atoms with Crippen LogP contribution in [0.25, 0.3) is 0 Å². The SMILES string of the molecule is CCC(CC)(C(NC)C(C)(C)C)N(C)C. The van der Waals surface area contributed by atoms with Crippen LogP contribution in [0.5, 0.6) is 0 Å². The molecule has 0 aromatic carbocycles. The zero-order valence-electron chi connectivity index (χ0n) is 11.9. The van der Waals surface area contributed by atoms with E-state index in [1.54, 1.807) is 0 Å². The molecule has 0 saturated heterocycles. The lowest BCUT2D eigenvalue weighted by Crippen LogP contribution is -2.62. The summed E-state index contributed by atoms with van der Waals surface area (Å²) in [5.74, 6) is 0. The highest BCUT2D eigenvalue weighted by Crippen LogP contribution is 2.35. The first-order valence-corrected chi connectivity index (χ1v) is 6.11. The molecule has 0 heterocycles. The molecular formula is C13H30N2. The van der Waals surface area contributed by atoms with E-state index in [2.05, 4.69) is 66.0 Å². The predicted octanol–water partition coefficient (Wildman–Crippen LogP) is 2.74. The summed E-state index contributed by atoms with van der Waals surface area (Å²) in [7, 11) is 6.48. The molecule has 0 aliphatic rings. The minimum Gasteiger partial charge on any atom is -0.315 e. The minimum absolute atomic E-state index is 0.257.